The molecule has 270 valence electrons. The molecule has 0 saturated heterocycles. The molecule has 0 fully saturated rings. The first-order valence-electron chi connectivity index (χ1n) is 18.4. The van der Waals surface area contributed by atoms with Crippen LogP contribution >= 0.6 is 0 Å². The van der Waals surface area contributed by atoms with Crippen molar-refractivity contribution in [2.45, 2.75) is 0 Å². The summed E-state index contributed by atoms with van der Waals surface area (Å²) >= 11 is 0. The fourth-order valence-electron chi connectivity index (χ4n) is 7.44. The van der Waals surface area contributed by atoms with Gasteiger partial charge in [-0.15, -0.1) is 0 Å². The smallest absolute Gasteiger partial charge is 0.266 e. The highest BCUT2D eigenvalue weighted by atomic mass is 16.1. The maximum atomic E-state index is 14.5. The predicted molar refractivity (Wildman–Crippen MR) is 225 cm³/mol. The second kappa shape index (κ2) is 13.7. The highest BCUT2D eigenvalue weighted by Gasteiger charge is 2.22. The molecule has 0 saturated carbocycles. The summed E-state index contributed by atoms with van der Waals surface area (Å²) in [5, 5.41) is 1.39. The second-order valence-corrected chi connectivity index (χ2v) is 13.6. The third-order valence-corrected chi connectivity index (χ3v) is 10.1. The molecule has 10 aromatic rings. The van der Waals surface area contributed by atoms with E-state index < -0.39 is 0 Å². The number of fused-ring (bicyclic) bond motifs is 3. The van der Waals surface area contributed by atoms with E-state index in [-0.39, 0.29) is 16.7 Å². The fourth-order valence-corrected chi connectivity index (χ4v) is 7.44. The minimum Gasteiger partial charge on any atom is -0.268 e. The standard InChI is InChI=1S/C48H30N6O3/c55-46-37-22-10-13-25-40(37)49-43(52(46)34-16-4-1-5-17-34)31-28-32(44-50-41-26-14-11-23-38(41)47(56)53(44)35-18-6-2-7-19-35)30-33(29-31)45-51-42-27-15-12-24-39(42)48(57)54(45)36-20-8-3-9-21-36/h1-30H. The van der Waals surface area contributed by atoms with E-state index in [0.29, 0.717) is 83.9 Å². The molecule has 10 rings (SSSR count). The van der Waals surface area contributed by atoms with Crippen LogP contribution in [0, 0.1) is 0 Å². The molecule has 0 spiro atoms. The average molecular weight is 739 g/mol. The maximum absolute atomic E-state index is 14.5. The Morgan fingerprint density at radius 3 is 0.825 bits per heavy atom. The van der Waals surface area contributed by atoms with Crippen molar-refractivity contribution in [2.24, 2.45) is 0 Å². The van der Waals surface area contributed by atoms with Gasteiger partial charge in [0.1, 0.15) is 17.5 Å². The topological polar surface area (TPSA) is 105 Å². The lowest BCUT2D eigenvalue weighted by Gasteiger charge is -2.19. The Morgan fingerprint density at radius 2 is 0.544 bits per heavy atom. The van der Waals surface area contributed by atoms with Crippen LogP contribution in [-0.4, -0.2) is 28.7 Å². The van der Waals surface area contributed by atoms with E-state index in [9.17, 15) is 14.4 Å². The van der Waals surface area contributed by atoms with Gasteiger partial charge in [0, 0.05) is 16.7 Å². The van der Waals surface area contributed by atoms with E-state index in [1.807, 2.05) is 164 Å². The van der Waals surface area contributed by atoms with Crippen molar-refractivity contribution in [1.29, 1.82) is 0 Å². The normalized spacial score (nSPS) is 11.4. The van der Waals surface area contributed by atoms with Crippen LogP contribution in [0.3, 0.4) is 0 Å². The molecular formula is C48H30N6O3. The van der Waals surface area contributed by atoms with E-state index >= 15 is 0 Å². The number of para-hydroxylation sites is 6. The van der Waals surface area contributed by atoms with Gasteiger partial charge in [0.15, 0.2) is 0 Å². The van der Waals surface area contributed by atoms with Crippen LogP contribution in [0.1, 0.15) is 0 Å². The van der Waals surface area contributed by atoms with Crippen LogP contribution in [0.15, 0.2) is 196 Å². The largest absolute Gasteiger partial charge is 0.268 e. The summed E-state index contributed by atoms with van der Waals surface area (Å²) < 4.78 is 4.80. The molecule has 0 N–H and O–H groups in total. The molecule has 7 aromatic carbocycles. The van der Waals surface area contributed by atoms with Crippen molar-refractivity contribution in [1.82, 2.24) is 28.7 Å². The molecule has 9 nitrogen and oxygen atoms in total. The van der Waals surface area contributed by atoms with Crippen molar-refractivity contribution in [3.8, 4) is 51.2 Å². The van der Waals surface area contributed by atoms with Gasteiger partial charge in [-0.1, -0.05) is 91.0 Å². The molecule has 0 aliphatic heterocycles. The van der Waals surface area contributed by atoms with Crippen LogP contribution < -0.4 is 16.7 Å². The Morgan fingerprint density at radius 1 is 0.298 bits per heavy atom. The number of rotatable bonds is 6. The van der Waals surface area contributed by atoms with Gasteiger partial charge >= 0.3 is 0 Å². The highest BCUT2D eigenvalue weighted by Crippen LogP contribution is 2.34. The summed E-state index contributed by atoms with van der Waals surface area (Å²) in [5.41, 5.74) is 4.31. The second-order valence-electron chi connectivity index (χ2n) is 13.6. The van der Waals surface area contributed by atoms with E-state index in [4.69, 9.17) is 15.0 Å². The molecule has 0 radical (unpaired) electrons. The van der Waals surface area contributed by atoms with Crippen molar-refractivity contribution < 1.29 is 0 Å². The Kier molecular flexibility index (Phi) is 8.04. The summed E-state index contributed by atoms with van der Waals surface area (Å²) in [7, 11) is 0. The third kappa shape index (κ3) is 5.73. The summed E-state index contributed by atoms with van der Waals surface area (Å²) in [5.74, 6) is 1.07. The molecule has 0 atom stereocenters. The Bertz CT molecular complexity index is 2990. The zero-order valence-corrected chi connectivity index (χ0v) is 30.2. The molecule has 57 heavy (non-hydrogen) atoms. The van der Waals surface area contributed by atoms with Gasteiger partial charge in [0.25, 0.3) is 16.7 Å². The minimum atomic E-state index is -0.246. The van der Waals surface area contributed by atoms with Crippen LogP contribution in [-0.2, 0) is 0 Å². The van der Waals surface area contributed by atoms with Crippen molar-refractivity contribution in [3.63, 3.8) is 0 Å². The zero-order chi connectivity index (χ0) is 38.5. The van der Waals surface area contributed by atoms with Gasteiger partial charge in [0.05, 0.1) is 49.8 Å². The molecule has 0 bridgehead atoms. The van der Waals surface area contributed by atoms with Crippen LogP contribution in [0.25, 0.3) is 83.9 Å². The molecular weight excluding hydrogens is 709 g/mol. The number of hydrogen-bond donors (Lipinski definition) is 0. The molecule has 3 heterocycles. The van der Waals surface area contributed by atoms with E-state index in [1.54, 1.807) is 31.9 Å². The van der Waals surface area contributed by atoms with Gasteiger partial charge in [0.2, 0.25) is 0 Å². The Labute approximate surface area is 324 Å². The van der Waals surface area contributed by atoms with Crippen molar-refractivity contribution in [2.75, 3.05) is 0 Å². The summed E-state index contributed by atoms with van der Waals surface area (Å²) in [4.78, 5) is 58.9. The Balaban J connectivity index is 1.37. The van der Waals surface area contributed by atoms with Gasteiger partial charge in [-0.3, -0.25) is 28.1 Å². The zero-order valence-electron chi connectivity index (χ0n) is 30.2. The molecule has 0 amide bonds. The van der Waals surface area contributed by atoms with Gasteiger partial charge in [-0.05, 0) is 91.0 Å². The van der Waals surface area contributed by atoms with Crippen LogP contribution in [0.5, 0.6) is 0 Å². The summed E-state index contributed by atoms with van der Waals surface area (Å²) in [6.45, 7) is 0. The molecule has 0 aliphatic carbocycles. The maximum Gasteiger partial charge on any atom is 0.266 e. The predicted octanol–water partition coefficient (Wildman–Crippen LogP) is 8.78. The third-order valence-electron chi connectivity index (χ3n) is 10.1. The monoisotopic (exact) mass is 738 g/mol. The fraction of sp³-hybridized carbons (Fsp3) is 0. The lowest BCUT2D eigenvalue weighted by molar-refractivity contribution is 0.964. The van der Waals surface area contributed by atoms with Crippen molar-refractivity contribution >= 4 is 32.7 Å². The summed E-state index contributed by atoms with van der Waals surface area (Å²) in [6.07, 6.45) is 0. The van der Waals surface area contributed by atoms with E-state index in [2.05, 4.69) is 0 Å². The number of hydrogen-bond acceptors (Lipinski definition) is 6. The number of benzene rings is 7. The van der Waals surface area contributed by atoms with E-state index in [0.717, 1.165) is 0 Å². The highest BCUT2D eigenvalue weighted by molar-refractivity contribution is 5.86. The van der Waals surface area contributed by atoms with Gasteiger partial charge in [-0.25, -0.2) is 15.0 Å². The first-order valence-corrected chi connectivity index (χ1v) is 18.4. The quantitative estimate of drug-likeness (QED) is 0.169. The number of nitrogens with zero attached hydrogens (tertiary/aromatic N) is 6. The lowest BCUT2D eigenvalue weighted by atomic mass is 10.0. The minimum absolute atomic E-state index is 0.246. The molecule has 9 heteroatoms. The van der Waals surface area contributed by atoms with Gasteiger partial charge in [-0.2, -0.15) is 0 Å². The SMILES string of the molecule is O=c1c2ccccc2nc(-c2cc(-c3nc4ccccc4c(=O)n3-c3ccccc3)cc(-c3nc4ccccc4c(=O)n3-c3ccccc3)c2)n1-c1ccccc1. The van der Waals surface area contributed by atoms with Crippen molar-refractivity contribution in [3.05, 3.63) is 213 Å². The molecule has 0 unspecified atom stereocenters. The average Bonchev–Trinajstić information content (AvgIpc) is 3.27. The first kappa shape index (κ1) is 33.5. The lowest BCUT2D eigenvalue weighted by Crippen LogP contribution is -2.23. The van der Waals surface area contributed by atoms with Crippen LogP contribution in [0.2, 0.25) is 0 Å². The van der Waals surface area contributed by atoms with Crippen LogP contribution in [0.4, 0.5) is 0 Å². The van der Waals surface area contributed by atoms with E-state index in [1.165, 1.54) is 0 Å². The molecule has 3 aromatic heterocycles. The molecule has 0 aliphatic rings. The summed E-state index contributed by atoms with van der Waals surface area (Å²) in [6, 6.07) is 55.5. The Hall–Kier alpha value is -8.04. The van der Waals surface area contributed by atoms with Gasteiger partial charge < -0.3 is 0 Å². The first-order chi connectivity index (χ1) is 28.0. The number of aromatic nitrogens is 6.